The molecule has 33 heavy (non-hydrogen) atoms. The van der Waals surface area contributed by atoms with Crippen LogP contribution in [0.15, 0.2) is 60.8 Å². The molecule has 2 aromatic carbocycles. The molecule has 6 nitrogen and oxygen atoms in total. The van der Waals surface area contributed by atoms with Crippen molar-refractivity contribution in [1.29, 1.82) is 0 Å². The second-order valence-corrected chi connectivity index (χ2v) is 8.83. The van der Waals surface area contributed by atoms with Crippen molar-refractivity contribution in [2.24, 2.45) is 0 Å². The Labute approximate surface area is 197 Å². The number of carboxylic acids is 1. The summed E-state index contributed by atoms with van der Waals surface area (Å²) in [5.41, 5.74) is 2.14. The van der Waals surface area contributed by atoms with Crippen molar-refractivity contribution in [3.63, 3.8) is 0 Å². The van der Waals surface area contributed by atoms with Crippen LogP contribution in [0, 0.1) is 0 Å². The van der Waals surface area contributed by atoms with E-state index in [9.17, 15) is 14.7 Å². The number of aromatic carboxylic acids is 1. The largest absolute Gasteiger partial charge is 0.478 e. The van der Waals surface area contributed by atoms with Gasteiger partial charge in [0.25, 0.3) is 5.91 Å². The van der Waals surface area contributed by atoms with E-state index in [1.165, 1.54) is 6.20 Å². The third-order valence-corrected chi connectivity index (χ3v) is 6.21. The Bertz CT molecular complexity index is 1190. The maximum Gasteiger partial charge on any atom is 0.336 e. The van der Waals surface area contributed by atoms with Gasteiger partial charge in [0.15, 0.2) is 0 Å². The van der Waals surface area contributed by atoms with Crippen LogP contribution in [0.3, 0.4) is 0 Å². The third kappa shape index (κ3) is 4.86. The summed E-state index contributed by atoms with van der Waals surface area (Å²) in [7, 11) is 0. The average Bonchev–Trinajstić information content (AvgIpc) is 3.29. The van der Waals surface area contributed by atoms with Gasteiger partial charge in [0.05, 0.1) is 10.6 Å². The number of aromatic nitrogens is 1. The molecule has 1 atom stereocenters. The zero-order valence-electron chi connectivity index (χ0n) is 18.5. The Morgan fingerprint density at radius 1 is 1.15 bits per heavy atom. The van der Waals surface area contributed by atoms with Crippen LogP contribution >= 0.6 is 11.6 Å². The molecule has 1 amide bonds. The summed E-state index contributed by atoms with van der Waals surface area (Å²) in [6.45, 7) is 5.08. The molecular weight excluding hydrogens is 440 g/mol. The van der Waals surface area contributed by atoms with Crippen molar-refractivity contribution in [2.45, 2.75) is 32.1 Å². The van der Waals surface area contributed by atoms with Crippen LogP contribution in [0.4, 0.5) is 0 Å². The first-order chi connectivity index (χ1) is 15.8. The zero-order valence-corrected chi connectivity index (χ0v) is 19.2. The van der Waals surface area contributed by atoms with Gasteiger partial charge in [-0.15, -0.1) is 0 Å². The predicted octanol–water partition coefficient (Wildman–Crippen LogP) is 5.98. The summed E-state index contributed by atoms with van der Waals surface area (Å²) in [5, 5.41) is 10.2. The highest BCUT2D eigenvalue weighted by Crippen LogP contribution is 2.35. The number of likely N-dealkylation sites (tertiary alicyclic amines) is 1. The van der Waals surface area contributed by atoms with Gasteiger partial charge in [-0.3, -0.25) is 4.79 Å². The number of carbonyl (C=O) groups is 2. The molecule has 7 heteroatoms. The Morgan fingerprint density at radius 2 is 1.94 bits per heavy atom. The first kappa shape index (κ1) is 22.8. The number of benzene rings is 2. The minimum Gasteiger partial charge on any atom is -0.478 e. The molecule has 0 radical (unpaired) electrons. The Balaban J connectivity index is 1.56. The third-order valence-electron chi connectivity index (χ3n) is 5.90. The summed E-state index contributed by atoms with van der Waals surface area (Å²) in [6, 6.07) is 16.2. The highest BCUT2D eigenvalue weighted by atomic mass is 35.5. The SMILES string of the molecule is CC(C)c1ccccc1Oc1ccc(C2CCN(C(=O)c3ncccc3Cl)C2)c(C(=O)O)c1. The van der Waals surface area contributed by atoms with Gasteiger partial charge in [0, 0.05) is 25.2 Å². The number of pyridine rings is 1. The fourth-order valence-corrected chi connectivity index (χ4v) is 4.41. The molecule has 1 N–H and O–H groups in total. The maximum absolute atomic E-state index is 12.9. The lowest BCUT2D eigenvalue weighted by Gasteiger charge is -2.18. The van der Waals surface area contributed by atoms with Crippen molar-refractivity contribution in [2.75, 3.05) is 13.1 Å². The molecule has 1 aliphatic rings. The summed E-state index contributed by atoms with van der Waals surface area (Å²) in [6.07, 6.45) is 2.19. The second-order valence-electron chi connectivity index (χ2n) is 8.42. The van der Waals surface area contributed by atoms with Crippen LogP contribution in [0.25, 0.3) is 0 Å². The van der Waals surface area contributed by atoms with Crippen LogP contribution in [0.5, 0.6) is 11.5 Å². The number of para-hydroxylation sites is 1. The summed E-state index contributed by atoms with van der Waals surface area (Å²) in [4.78, 5) is 30.7. The molecular formula is C26H25ClN2O4. The monoisotopic (exact) mass is 464 g/mol. The molecule has 1 aromatic heterocycles. The summed E-state index contributed by atoms with van der Waals surface area (Å²) in [5.74, 6) is 0.0841. The first-order valence-corrected chi connectivity index (χ1v) is 11.3. The normalized spacial score (nSPS) is 15.6. The summed E-state index contributed by atoms with van der Waals surface area (Å²) >= 11 is 6.13. The van der Waals surface area contributed by atoms with E-state index in [0.717, 1.165) is 5.56 Å². The van der Waals surface area contributed by atoms with Crippen LogP contribution in [-0.4, -0.2) is 40.0 Å². The smallest absolute Gasteiger partial charge is 0.336 e. The van der Waals surface area contributed by atoms with Crippen LogP contribution < -0.4 is 4.74 Å². The van der Waals surface area contributed by atoms with Crippen molar-refractivity contribution < 1.29 is 19.4 Å². The lowest BCUT2D eigenvalue weighted by atomic mass is 9.93. The Kier molecular flexibility index (Phi) is 6.65. The number of nitrogens with zero attached hydrogens (tertiary/aromatic N) is 2. The molecule has 0 saturated carbocycles. The van der Waals surface area contributed by atoms with E-state index in [2.05, 4.69) is 18.8 Å². The molecule has 1 saturated heterocycles. The van der Waals surface area contributed by atoms with Gasteiger partial charge in [-0.2, -0.15) is 0 Å². The number of hydrogen-bond donors (Lipinski definition) is 1. The second kappa shape index (κ2) is 9.63. The van der Waals surface area contributed by atoms with Gasteiger partial charge in [0.2, 0.25) is 0 Å². The predicted molar refractivity (Wildman–Crippen MR) is 127 cm³/mol. The van der Waals surface area contributed by atoms with Gasteiger partial charge >= 0.3 is 5.97 Å². The summed E-state index contributed by atoms with van der Waals surface area (Å²) < 4.78 is 6.06. The topological polar surface area (TPSA) is 79.7 Å². The molecule has 0 aliphatic carbocycles. The van der Waals surface area contributed by atoms with Crippen molar-refractivity contribution in [3.8, 4) is 11.5 Å². The Hall–Kier alpha value is -3.38. The van der Waals surface area contributed by atoms with E-state index >= 15 is 0 Å². The molecule has 0 bridgehead atoms. The molecule has 1 aliphatic heterocycles. The molecule has 1 unspecified atom stereocenters. The van der Waals surface area contributed by atoms with E-state index in [0.29, 0.717) is 41.6 Å². The van der Waals surface area contributed by atoms with E-state index in [1.54, 1.807) is 35.2 Å². The number of ether oxygens (including phenoxy) is 1. The van der Waals surface area contributed by atoms with Gasteiger partial charge in [0.1, 0.15) is 17.2 Å². The number of carbonyl (C=O) groups excluding carboxylic acids is 1. The number of rotatable bonds is 6. The highest BCUT2D eigenvalue weighted by molar-refractivity contribution is 6.33. The Morgan fingerprint density at radius 3 is 2.67 bits per heavy atom. The first-order valence-electron chi connectivity index (χ1n) is 10.9. The van der Waals surface area contributed by atoms with Crippen molar-refractivity contribution in [1.82, 2.24) is 9.88 Å². The van der Waals surface area contributed by atoms with Crippen LogP contribution in [0.1, 0.15) is 64.1 Å². The van der Waals surface area contributed by atoms with Gasteiger partial charge in [-0.05, 0) is 53.8 Å². The number of amides is 1. The molecule has 3 aromatic rings. The highest BCUT2D eigenvalue weighted by Gasteiger charge is 2.31. The van der Waals surface area contributed by atoms with E-state index in [1.807, 2.05) is 24.3 Å². The minimum atomic E-state index is -1.02. The number of carboxylic acid groups (broad SMARTS) is 1. The molecule has 4 rings (SSSR count). The van der Waals surface area contributed by atoms with Crippen LogP contribution in [-0.2, 0) is 0 Å². The lowest BCUT2D eigenvalue weighted by Crippen LogP contribution is -2.29. The fourth-order valence-electron chi connectivity index (χ4n) is 4.21. The molecule has 170 valence electrons. The van der Waals surface area contributed by atoms with Crippen LogP contribution in [0.2, 0.25) is 5.02 Å². The van der Waals surface area contributed by atoms with Crippen molar-refractivity contribution >= 4 is 23.5 Å². The molecule has 1 fully saturated rings. The number of hydrogen-bond acceptors (Lipinski definition) is 4. The van der Waals surface area contributed by atoms with E-state index < -0.39 is 5.97 Å². The van der Waals surface area contributed by atoms with Gasteiger partial charge < -0.3 is 14.7 Å². The van der Waals surface area contributed by atoms with E-state index in [-0.39, 0.29) is 29.0 Å². The quantitative estimate of drug-likeness (QED) is 0.485. The number of halogens is 1. The zero-order chi connectivity index (χ0) is 23.5. The lowest BCUT2D eigenvalue weighted by molar-refractivity contribution is 0.0694. The van der Waals surface area contributed by atoms with Gasteiger partial charge in [-0.25, -0.2) is 9.78 Å². The fraction of sp³-hybridized carbons (Fsp3) is 0.269. The molecule has 2 heterocycles. The minimum absolute atomic E-state index is 0.0976. The molecule has 0 spiro atoms. The standard InChI is InChI=1S/C26H25ClN2O4/c1-16(2)19-6-3-4-8-23(19)33-18-9-10-20(21(14-18)26(31)32)17-11-13-29(15-17)25(30)24-22(27)7-5-12-28-24/h3-10,12,14,16-17H,11,13,15H2,1-2H3,(H,31,32). The van der Waals surface area contributed by atoms with E-state index in [4.69, 9.17) is 16.3 Å². The van der Waals surface area contributed by atoms with Gasteiger partial charge in [-0.1, -0.05) is 49.7 Å². The maximum atomic E-state index is 12.9. The van der Waals surface area contributed by atoms with Crippen molar-refractivity contribution in [3.05, 3.63) is 88.2 Å². The average molecular weight is 465 g/mol.